The Labute approximate surface area is 192 Å². The smallest absolute Gasteiger partial charge is 0.273 e. The zero-order chi connectivity index (χ0) is 23.4. The molecule has 1 aromatic heterocycles. The number of nitrogens with zero attached hydrogens (tertiary/aromatic N) is 2. The highest BCUT2D eigenvalue weighted by Gasteiger charge is 2.27. The van der Waals surface area contributed by atoms with Crippen LogP contribution >= 0.6 is 0 Å². The fraction of sp³-hybridized carbons (Fsp3) is 0.304. The number of aromatic nitrogens is 2. The number of morpholine rings is 1. The fourth-order valence-corrected chi connectivity index (χ4v) is 4.88. The van der Waals surface area contributed by atoms with Crippen LogP contribution in [0.3, 0.4) is 0 Å². The van der Waals surface area contributed by atoms with Gasteiger partial charge in [0.25, 0.3) is 5.91 Å². The molecule has 0 aliphatic carbocycles. The van der Waals surface area contributed by atoms with Gasteiger partial charge in [-0.1, -0.05) is 30.3 Å². The number of benzene rings is 2. The lowest BCUT2D eigenvalue weighted by atomic mass is 10.1. The molecule has 0 atom stereocenters. The van der Waals surface area contributed by atoms with Gasteiger partial charge in [0.05, 0.1) is 35.6 Å². The third kappa shape index (κ3) is 5.24. The number of carbonyl (C=O) groups excluding carboxylic acids is 1. The molecule has 33 heavy (non-hydrogen) atoms. The number of hydrogen-bond donors (Lipinski definition) is 2. The average molecular weight is 471 g/mol. The summed E-state index contributed by atoms with van der Waals surface area (Å²) in [7, 11) is -3.74. The topological polar surface area (TPSA) is 114 Å². The molecule has 1 aliphatic rings. The first-order valence-corrected chi connectivity index (χ1v) is 12.1. The van der Waals surface area contributed by atoms with Crippen LogP contribution in [0.4, 0.5) is 5.69 Å². The molecular weight excluding hydrogens is 444 g/mol. The maximum Gasteiger partial charge on any atom is 0.273 e. The normalized spacial score (nSPS) is 14.9. The molecule has 2 heterocycles. The summed E-state index contributed by atoms with van der Waals surface area (Å²) in [6, 6.07) is 15.6. The van der Waals surface area contributed by atoms with E-state index in [0.29, 0.717) is 24.7 Å². The van der Waals surface area contributed by atoms with Gasteiger partial charge in [-0.3, -0.25) is 9.89 Å². The van der Waals surface area contributed by atoms with E-state index in [1.807, 2.05) is 44.2 Å². The number of H-pyrrole nitrogens is 1. The summed E-state index contributed by atoms with van der Waals surface area (Å²) in [5.74, 6) is -0.0821. The molecule has 1 saturated heterocycles. The van der Waals surface area contributed by atoms with E-state index in [1.165, 1.54) is 16.4 Å². The first-order valence-electron chi connectivity index (χ1n) is 10.7. The minimum absolute atomic E-state index is 0.0744. The zero-order valence-electron chi connectivity index (χ0n) is 18.4. The summed E-state index contributed by atoms with van der Waals surface area (Å²) in [4.78, 5) is 13.0. The summed E-state index contributed by atoms with van der Waals surface area (Å²) in [5.41, 5.74) is 2.00. The molecule has 0 radical (unpaired) electrons. The van der Waals surface area contributed by atoms with E-state index >= 15 is 0 Å². The van der Waals surface area contributed by atoms with E-state index in [9.17, 15) is 13.2 Å². The number of hydrogen-bond acceptors (Lipinski definition) is 6. The molecule has 0 spiro atoms. The van der Waals surface area contributed by atoms with Crippen molar-refractivity contribution in [3.8, 4) is 17.0 Å². The SMILES string of the molecule is CC(C)Oc1ccc(S(=O)(=O)N2CCOCC2)cc1NC(=O)c1cc(-c2ccccc2)n[nH]1. The lowest BCUT2D eigenvalue weighted by Crippen LogP contribution is -2.40. The molecule has 0 saturated carbocycles. The minimum atomic E-state index is -3.74. The Kier molecular flexibility index (Phi) is 6.77. The number of carbonyl (C=O) groups is 1. The van der Waals surface area contributed by atoms with Gasteiger partial charge in [0.1, 0.15) is 11.4 Å². The van der Waals surface area contributed by atoms with Gasteiger partial charge >= 0.3 is 0 Å². The van der Waals surface area contributed by atoms with Gasteiger partial charge in [-0.25, -0.2) is 8.42 Å². The number of sulfonamides is 1. The summed E-state index contributed by atoms with van der Waals surface area (Å²) < 4.78 is 38.6. The molecule has 9 nitrogen and oxygen atoms in total. The van der Waals surface area contributed by atoms with Crippen LogP contribution in [0.25, 0.3) is 11.3 Å². The summed E-state index contributed by atoms with van der Waals surface area (Å²) >= 11 is 0. The van der Waals surface area contributed by atoms with Crippen molar-refractivity contribution in [2.75, 3.05) is 31.6 Å². The highest BCUT2D eigenvalue weighted by atomic mass is 32.2. The number of rotatable bonds is 7. The lowest BCUT2D eigenvalue weighted by molar-refractivity contribution is 0.0730. The van der Waals surface area contributed by atoms with Crippen molar-refractivity contribution in [3.05, 3.63) is 60.3 Å². The number of nitrogens with one attached hydrogen (secondary N) is 2. The van der Waals surface area contributed by atoms with Crippen LogP contribution in [0.15, 0.2) is 59.5 Å². The Hall–Kier alpha value is -3.21. The van der Waals surface area contributed by atoms with Gasteiger partial charge in [0.2, 0.25) is 10.0 Å². The van der Waals surface area contributed by atoms with Gasteiger partial charge in [-0.05, 0) is 38.1 Å². The molecule has 0 unspecified atom stereocenters. The molecule has 3 aromatic rings. The lowest BCUT2D eigenvalue weighted by Gasteiger charge is -2.26. The van der Waals surface area contributed by atoms with Crippen LogP contribution in [0.5, 0.6) is 5.75 Å². The molecule has 174 valence electrons. The summed E-state index contributed by atoms with van der Waals surface area (Å²) in [6.45, 7) is 4.97. The highest BCUT2D eigenvalue weighted by molar-refractivity contribution is 7.89. The van der Waals surface area contributed by atoms with Gasteiger partial charge in [-0.2, -0.15) is 9.40 Å². The van der Waals surface area contributed by atoms with Crippen molar-refractivity contribution in [2.45, 2.75) is 24.8 Å². The molecule has 2 aromatic carbocycles. The van der Waals surface area contributed by atoms with Gasteiger partial charge in [0.15, 0.2) is 0 Å². The summed E-state index contributed by atoms with van der Waals surface area (Å²) in [6.07, 6.45) is -0.167. The predicted octanol–water partition coefficient (Wildman–Crippen LogP) is 3.14. The molecule has 4 rings (SSSR count). The second-order valence-corrected chi connectivity index (χ2v) is 9.77. The number of anilines is 1. The van der Waals surface area contributed by atoms with Crippen molar-refractivity contribution in [3.63, 3.8) is 0 Å². The molecule has 1 amide bonds. The quantitative estimate of drug-likeness (QED) is 0.548. The Morgan fingerprint density at radius 1 is 1.12 bits per heavy atom. The van der Waals surface area contributed by atoms with Crippen LogP contribution < -0.4 is 10.1 Å². The molecule has 2 N–H and O–H groups in total. The maximum atomic E-state index is 13.1. The fourth-order valence-electron chi connectivity index (χ4n) is 3.44. The Morgan fingerprint density at radius 3 is 2.55 bits per heavy atom. The number of amides is 1. The predicted molar refractivity (Wildman–Crippen MR) is 124 cm³/mol. The van der Waals surface area contributed by atoms with Crippen molar-refractivity contribution in [1.82, 2.24) is 14.5 Å². The standard InChI is InChI=1S/C23H26N4O5S/c1-16(2)32-22-9-8-18(33(29,30)27-10-12-31-13-11-27)14-20(22)24-23(28)21-15-19(25-26-21)17-6-4-3-5-7-17/h3-9,14-16H,10-13H2,1-2H3,(H,24,28)(H,25,26). The van der Waals surface area contributed by atoms with E-state index < -0.39 is 15.9 Å². The third-order valence-corrected chi connectivity index (χ3v) is 6.96. The van der Waals surface area contributed by atoms with Crippen LogP contribution in [-0.2, 0) is 14.8 Å². The number of aromatic amines is 1. The zero-order valence-corrected chi connectivity index (χ0v) is 19.3. The first kappa shape index (κ1) is 23.0. The Balaban J connectivity index is 1.62. The molecule has 1 aliphatic heterocycles. The second-order valence-electron chi connectivity index (χ2n) is 7.83. The van der Waals surface area contributed by atoms with E-state index in [2.05, 4.69) is 15.5 Å². The van der Waals surface area contributed by atoms with E-state index in [0.717, 1.165) is 5.56 Å². The van der Waals surface area contributed by atoms with Gasteiger partial charge < -0.3 is 14.8 Å². The van der Waals surface area contributed by atoms with Gasteiger partial charge in [0, 0.05) is 18.7 Å². The van der Waals surface area contributed by atoms with Crippen molar-refractivity contribution < 1.29 is 22.7 Å². The van der Waals surface area contributed by atoms with Crippen LogP contribution in [0.2, 0.25) is 0 Å². The van der Waals surface area contributed by atoms with Gasteiger partial charge in [-0.15, -0.1) is 0 Å². The Bertz CT molecular complexity index is 1220. The maximum absolute atomic E-state index is 13.1. The monoisotopic (exact) mass is 470 g/mol. The Morgan fingerprint density at radius 2 is 1.85 bits per heavy atom. The number of ether oxygens (including phenoxy) is 2. The first-order chi connectivity index (χ1) is 15.8. The van der Waals surface area contributed by atoms with Crippen molar-refractivity contribution in [1.29, 1.82) is 0 Å². The van der Waals surface area contributed by atoms with Crippen molar-refractivity contribution >= 4 is 21.6 Å². The molecule has 10 heteroatoms. The highest BCUT2D eigenvalue weighted by Crippen LogP contribution is 2.31. The second kappa shape index (κ2) is 9.74. The van der Waals surface area contributed by atoms with E-state index in [-0.39, 0.29) is 35.5 Å². The average Bonchev–Trinajstić information content (AvgIpc) is 3.31. The van der Waals surface area contributed by atoms with Crippen LogP contribution in [0, 0.1) is 0 Å². The molecular formula is C23H26N4O5S. The largest absolute Gasteiger partial charge is 0.489 e. The minimum Gasteiger partial charge on any atom is -0.489 e. The third-order valence-electron chi connectivity index (χ3n) is 5.06. The van der Waals surface area contributed by atoms with Crippen LogP contribution in [0.1, 0.15) is 24.3 Å². The van der Waals surface area contributed by atoms with Crippen molar-refractivity contribution in [2.24, 2.45) is 0 Å². The molecule has 1 fully saturated rings. The van der Waals surface area contributed by atoms with E-state index in [1.54, 1.807) is 12.1 Å². The summed E-state index contributed by atoms with van der Waals surface area (Å²) in [5, 5.41) is 9.71. The van der Waals surface area contributed by atoms with E-state index in [4.69, 9.17) is 9.47 Å². The van der Waals surface area contributed by atoms with Crippen LogP contribution in [-0.4, -0.2) is 61.2 Å². The molecule has 0 bridgehead atoms.